The lowest BCUT2D eigenvalue weighted by atomic mass is 9.85. The van der Waals surface area contributed by atoms with Crippen LogP contribution in [0.25, 0.3) is 0 Å². The molecule has 0 fully saturated rings. The summed E-state index contributed by atoms with van der Waals surface area (Å²) in [6.45, 7) is 2.66. The lowest BCUT2D eigenvalue weighted by Gasteiger charge is -2.32. The largest absolute Gasteiger partial charge is 0.457 e. The van der Waals surface area contributed by atoms with Gasteiger partial charge in [-0.2, -0.15) is 0 Å². The van der Waals surface area contributed by atoms with Crippen molar-refractivity contribution in [2.24, 2.45) is 0 Å². The van der Waals surface area contributed by atoms with Gasteiger partial charge in [0.1, 0.15) is 17.3 Å². The molecule has 2 aliphatic heterocycles. The highest BCUT2D eigenvalue weighted by molar-refractivity contribution is 5.79. The highest BCUT2D eigenvalue weighted by Gasteiger charge is 2.31. The molecular formula is C23H21N3O3. The minimum Gasteiger partial charge on any atom is -0.457 e. The molecule has 2 aromatic carbocycles. The van der Waals surface area contributed by atoms with Crippen molar-refractivity contribution < 1.29 is 9.53 Å². The summed E-state index contributed by atoms with van der Waals surface area (Å²) >= 11 is 0. The molecular weight excluding hydrogens is 366 g/mol. The highest BCUT2D eigenvalue weighted by Crippen LogP contribution is 2.45. The van der Waals surface area contributed by atoms with Crippen molar-refractivity contribution in [2.75, 3.05) is 6.54 Å². The first kappa shape index (κ1) is 17.7. The number of benzene rings is 2. The fraction of sp³-hybridized carbons (Fsp3) is 0.261. The molecule has 0 unspecified atom stereocenters. The predicted molar refractivity (Wildman–Crippen MR) is 108 cm³/mol. The van der Waals surface area contributed by atoms with E-state index in [1.54, 1.807) is 11.8 Å². The Morgan fingerprint density at radius 1 is 1.14 bits per heavy atom. The molecule has 1 N–H and O–H groups in total. The molecule has 0 aliphatic carbocycles. The van der Waals surface area contributed by atoms with E-state index in [2.05, 4.69) is 9.97 Å². The molecule has 1 amide bonds. The molecule has 2 aliphatic rings. The first-order chi connectivity index (χ1) is 14.1. The molecule has 29 heavy (non-hydrogen) atoms. The van der Waals surface area contributed by atoms with Gasteiger partial charge < -0.3 is 14.6 Å². The number of amides is 1. The van der Waals surface area contributed by atoms with E-state index in [9.17, 15) is 9.59 Å². The summed E-state index contributed by atoms with van der Waals surface area (Å²) in [7, 11) is 0. The summed E-state index contributed by atoms with van der Waals surface area (Å²) in [4.78, 5) is 34.5. The third kappa shape index (κ3) is 3.10. The van der Waals surface area contributed by atoms with Crippen LogP contribution in [0.15, 0.2) is 53.3 Å². The molecule has 6 heteroatoms. The molecule has 0 radical (unpaired) electrons. The van der Waals surface area contributed by atoms with Gasteiger partial charge in [0.2, 0.25) is 5.91 Å². The van der Waals surface area contributed by atoms with Crippen LogP contribution in [-0.4, -0.2) is 27.3 Å². The highest BCUT2D eigenvalue weighted by atomic mass is 16.5. The quantitative estimate of drug-likeness (QED) is 0.732. The Labute approximate surface area is 168 Å². The number of fused-ring (bicyclic) bond motifs is 3. The normalized spacial score (nSPS) is 15.1. The zero-order chi connectivity index (χ0) is 20.0. The van der Waals surface area contributed by atoms with Crippen molar-refractivity contribution in [3.63, 3.8) is 0 Å². The van der Waals surface area contributed by atoms with Gasteiger partial charge in [-0.05, 0) is 19.1 Å². The van der Waals surface area contributed by atoms with Crippen LogP contribution in [0.5, 0.6) is 11.5 Å². The Kier molecular flexibility index (Phi) is 4.19. The monoisotopic (exact) mass is 387 g/mol. The number of H-pyrrole nitrogens is 1. The van der Waals surface area contributed by atoms with E-state index in [-0.39, 0.29) is 17.4 Å². The summed E-state index contributed by atoms with van der Waals surface area (Å²) < 4.78 is 6.03. The summed E-state index contributed by atoms with van der Waals surface area (Å²) in [5, 5.41) is 0. The molecule has 3 aromatic rings. The minimum atomic E-state index is -0.147. The van der Waals surface area contributed by atoms with Gasteiger partial charge in [-0.15, -0.1) is 0 Å². The van der Waals surface area contributed by atoms with E-state index < -0.39 is 0 Å². The topological polar surface area (TPSA) is 75.3 Å². The molecule has 0 saturated heterocycles. The lowest BCUT2D eigenvalue weighted by Crippen LogP contribution is -2.40. The predicted octanol–water partition coefficient (Wildman–Crippen LogP) is 3.29. The fourth-order valence-electron chi connectivity index (χ4n) is 4.29. The van der Waals surface area contributed by atoms with Gasteiger partial charge in [0, 0.05) is 36.4 Å². The second kappa shape index (κ2) is 6.88. The molecule has 1 aromatic heterocycles. The summed E-state index contributed by atoms with van der Waals surface area (Å²) in [6, 6.07) is 15.7. The molecule has 3 heterocycles. The number of aromatic nitrogens is 2. The van der Waals surface area contributed by atoms with Crippen molar-refractivity contribution in [3.05, 3.63) is 87.1 Å². The standard InChI is InChI=1S/C23H21N3O3/c1-14-24-19-10-11-26(13-18(19)23(28)25-14)22(27)12-17-15-6-2-4-8-20(15)29-21-9-5-3-7-16(17)21/h2-9,17H,10-13H2,1H3,(H,24,25,28). The van der Waals surface area contributed by atoms with Crippen molar-refractivity contribution in [1.82, 2.24) is 14.9 Å². The van der Waals surface area contributed by atoms with Gasteiger partial charge in [0.25, 0.3) is 5.56 Å². The maximum atomic E-state index is 13.2. The van der Waals surface area contributed by atoms with Crippen LogP contribution in [0.4, 0.5) is 0 Å². The van der Waals surface area contributed by atoms with E-state index in [4.69, 9.17) is 4.74 Å². The third-order valence-corrected chi connectivity index (χ3v) is 5.73. The number of ether oxygens (including phenoxy) is 1. The smallest absolute Gasteiger partial charge is 0.256 e. The molecule has 146 valence electrons. The number of hydrogen-bond donors (Lipinski definition) is 1. The van der Waals surface area contributed by atoms with Crippen molar-refractivity contribution in [3.8, 4) is 11.5 Å². The Bertz CT molecular complexity index is 1120. The van der Waals surface area contributed by atoms with Gasteiger partial charge in [-0.1, -0.05) is 36.4 Å². The first-order valence-corrected chi connectivity index (χ1v) is 9.82. The maximum absolute atomic E-state index is 13.2. The maximum Gasteiger partial charge on any atom is 0.256 e. The van der Waals surface area contributed by atoms with Crippen LogP contribution in [0.3, 0.4) is 0 Å². The number of carbonyl (C=O) groups excluding carboxylic acids is 1. The summed E-state index contributed by atoms with van der Waals surface area (Å²) in [5.74, 6) is 2.17. The Hall–Kier alpha value is -3.41. The van der Waals surface area contributed by atoms with E-state index in [1.807, 2.05) is 48.5 Å². The van der Waals surface area contributed by atoms with Gasteiger partial charge in [0.15, 0.2) is 0 Å². The van der Waals surface area contributed by atoms with Crippen LogP contribution in [0.2, 0.25) is 0 Å². The Morgan fingerprint density at radius 3 is 2.48 bits per heavy atom. The summed E-state index contributed by atoms with van der Waals surface area (Å²) in [6.07, 6.45) is 0.941. The molecule has 6 nitrogen and oxygen atoms in total. The molecule has 0 spiro atoms. The van der Waals surface area contributed by atoms with Crippen LogP contribution < -0.4 is 10.3 Å². The Morgan fingerprint density at radius 2 is 1.79 bits per heavy atom. The second-order valence-electron chi connectivity index (χ2n) is 7.58. The number of para-hydroxylation sites is 2. The first-order valence-electron chi connectivity index (χ1n) is 9.82. The van der Waals surface area contributed by atoms with Crippen LogP contribution in [0, 0.1) is 6.92 Å². The summed E-state index contributed by atoms with van der Waals surface area (Å²) in [5.41, 5.74) is 3.30. The number of rotatable bonds is 2. The zero-order valence-corrected chi connectivity index (χ0v) is 16.1. The number of aromatic amines is 1. The number of carbonyl (C=O) groups is 1. The second-order valence-corrected chi connectivity index (χ2v) is 7.58. The van der Waals surface area contributed by atoms with Crippen LogP contribution in [-0.2, 0) is 17.8 Å². The van der Waals surface area contributed by atoms with Crippen LogP contribution >= 0.6 is 0 Å². The van der Waals surface area contributed by atoms with Gasteiger partial charge >= 0.3 is 0 Å². The molecule has 5 rings (SSSR count). The fourth-order valence-corrected chi connectivity index (χ4v) is 4.29. The number of nitrogens with one attached hydrogen (secondary N) is 1. The molecule has 0 atom stereocenters. The van der Waals surface area contributed by atoms with Gasteiger partial charge in [-0.3, -0.25) is 9.59 Å². The lowest BCUT2D eigenvalue weighted by molar-refractivity contribution is -0.132. The van der Waals surface area contributed by atoms with Crippen molar-refractivity contribution in [2.45, 2.75) is 32.2 Å². The number of aryl methyl sites for hydroxylation is 1. The van der Waals surface area contributed by atoms with Crippen molar-refractivity contribution in [1.29, 1.82) is 0 Å². The number of hydrogen-bond acceptors (Lipinski definition) is 4. The third-order valence-electron chi connectivity index (χ3n) is 5.73. The van der Waals surface area contributed by atoms with Crippen LogP contribution in [0.1, 0.15) is 40.5 Å². The van der Waals surface area contributed by atoms with Crippen molar-refractivity contribution >= 4 is 5.91 Å². The minimum absolute atomic E-state index is 0.0344. The van der Waals surface area contributed by atoms with Gasteiger partial charge in [-0.25, -0.2) is 4.98 Å². The average molecular weight is 387 g/mol. The van der Waals surface area contributed by atoms with E-state index in [1.165, 1.54) is 0 Å². The number of nitrogens with zero attached hydrogens (tertiary/aromatic N) is 2. The van der Waals surface area contributed by atoms with Gasteiger partial charge in [0.05, 0.1) is 17.8 Å². The Balaban J connectivity index is 1.44. The van der Waals surface area contributed by atoms with E-state index >= 15 is 0 Å². The average Bonchev–Trinajstić information content (AvgIpc) is 2.73. The van der Waals surface area contributed by atoms with E-state index in [0.29, 0.717) is 37.3 Å². The van der Waals surface area contributed by atoms with E-state index in [0.717, 1.165) is 28.3 Å². The molecule has 0 bridgehead atoms. The zero-order valence-electron chi connectivity index (χ0n) is 16.1. The SMILES string of the molecule is Cc1nc2c(c(=O)[nH]1)CN(C(=O)CC1c3ccccc3Oc3ccccc31)CC2. The molecule has 0 saturated carbocycles.